The van der Waals surface area contributed by atoms with Gasteiger partial charge in [0.1, 0.15) is 11.4 Å². The standard InChI is InChI=1S/C7H5F5N2O/c8-5(9)2-1-3(7(10,11)12)14-6(15)4(2)13/h1,5H,13H2,(H,14,15). The Morgan fingerprint density at radius 3 is 2.27 bits per heavy atom. The average Bonchev–Trinajstić information content (AvgIpc) is 2.06. The molecule has 0 amide bonds. The third-order valence-electron chi connectivity index (χ3n) is 1.64. The maximum absolute atomic E-state index is 12.2. The van der Waals surface area contributed by atoms with Crippen molar-refractivity contribution >= 4 is 5.69 Å². The largest absolute Gasteiger partial charge is 0.431 e. The van der Waals surface area contributed by atoms with Gasteiger partial charge in [-0.3, -0.25) is 4.79 Å². The summed E-state index contributed by atoms with van der Waals surface area (Å²) in [6.07, 6.45) is -8.12. The second-order valence-electron chi connectivity index (χ2n) is 2.68. The molecule has 0 bridgehead atoms. The van der Waals surface area contributed by atoms with Gasteiger partial charge in [-0.2, -0.15) is 13.2 Å². The van der Waals surface area contributed by atoms with E-state index in [1.165, 1.54) is 4.98 Å². The SMILES string of the molecule is Nc1c(C(F)F)cc(C(F)(F)F)[nH]c1=O. The summed E-state index contributed by atoms with van der Waals surface area (Å²) in [6, 6.07) is 0.126. The molecule has 1 heterocycles. The molecule has 0 atom stereocenters. The number of aromatic amines is 1. The summed E-state index contributed by atoms with van der Waals surface area (Å²) in [4.78, 5) is 12.2. The Morgan fingerprint density at radius 2 is 1.87 bits per heavy atom. The number of anilines is 1. The first kappa shape index (κ1) is 11.5. The van der Waals surface area contributed by atoms with Crippen LogP contribution in [-0.2, 0) is 6.18 Å². The Bertz CT molecular complexity index is 422. The molecule has 0 unspecified atom stereocenters. The van der Waals surface area contributed by atoms with Gasteiger partial charge in [-0.05, 0) is 6.07 Å². The maximum atomic E-state index is 12.2. The lowest BCUT2D eigenvalue weighted by Crippen LogP contribution is -2.21. The minimum Gasteiger partial charge on any atom is -0.394 e. The molecule has 3 nitrogen and oxygen atoms in total. The van der Waals surface area contributed by atoms with Crippen LogP contribution in [-0.4, -0.2) is 4.98 Å². The van der Waals surface area contributed by atoms with Gasteiger partial charge in [0.25, 0.3) is 12.0 Å². The zero-order valence-electron chi connectivity index (χ0n) is 7.03. The van der Waals surface area contributed by atoms with Crippen molar-refractivity contribution in [3.8, 4) is 0 Å². The van der Waals surface area contributed by atoms with Crippen molar-refractivity contribution in [2.24, 2.45) is 0 Å². The van der Waals surface area contributed by atoms with Gasteiger partial charge in [0, 0.05) is 5.56 Å². The van der Waals surface area contributed by atoms with Gasteiger partial charge in [0.05, 0.1) is 0 Å². The normalized spacial score (nSPS) is 12.1. The van der Waals surface area contributed by atoms with Crippen molar-refractivity contribution < 1.29 is 22.0 Å². The molecule has 15 heavy (non-hydrogen) atoms. The molecular weight excluding hydrogens is 223 g/mol. The quantitative estimate of drug-likeness (QED) is 0.721. The van der Waals surface area contributed by atoms with E-state index in [1.54, 1.807) is 0 Å². The molecule has 0 saturated heterocycles. The van der Waals surface area contributed by atoms with E-state index in [4.69, 9.17) is 5.73 Å². The van der Waals surface area contributed by atoms with Crippen LogP contribution in [0.1, 0.15) is 17.7 Å². The van der Waals surface area contributed by atoms with Crippen LogP contribution in [0.4, 0.5) is 27.6 Å². The zero-order chi connectivity index (χ0) is 11.8. The molecule has 0 saturated carbocycles. The molecule has 0 radical (unpaired) electrons. The second-order valence-corrected chi connectivity index (χ2v) is 2.68. The first-order valence-electron chi connectivity index (χ1n) is 3.61. The van der Waals surface area contributed by atoms with Crippen LogP contribution in [0.15, 0.2) is 10.9 Å². The fraction of sp³-hybridized carbons (Fsp3) is 0.286. The number of rotatable bonds is 1. The third kappa shape index (κ3) is 2.25. The van der Waals surface area contributed by atoms with Gasteiger partial charge in [-0.25, -0.2) is 8.78 Å². The smallest absolute Gasteiger partial charge is 0.394 e. The van der Waals surface area contributed by atoms with Crippen LogP contribution < -0.4 is 11.3 Å². The summed E-state index contributed by atoms with van der Waals surface area (Å²) in [7, 11) is 0. The predicted molar refractivity (Wildman–Crippen MR) is 41.4 cm³/mol. The van der Waals surface area contributed by atoms with E-state index >= 15 is 0 Å². The van der Waals surface area contributed by atoms with E-state index in [-0.39, 0.29) is 6.07 Å². The van der Waals surface area contributed by atoms with Gasteiger partial charge < -0.3 is 10.7 Å². The van der Waals surface area contributed by atoms with Gasteiger partial charge in [-0.1, -0.05) is 0 Å². The molecular formula is C7H5F5N2O. The molecule has 84 valence electrons. The third-order valence-corrected chi connectivity index (χ3v) is 1.64. The highest BCUT2D eigenvalue weighted by atomic mass is 19.4. The summed E-state index contributed by atoms with van der Waals surface area (Å²) >= 11 is 0. The molecule has 1 aromatic rings. The van der Waals surface area contributed by atoms with E-state index in [1.807, 2.05) is 0 Å². The maximum Gasteiger partial charge on any atom is 0.431 e. The predicted octanol–water partition coefficient (Wildman–Crippen LogP) is 1.91. The van der Waals surface area contributed by atoms with Crippen molar-refractivity contribution in [2.45, 2.75) is 12.6 Å². The summed E-state index contributed by atoms with van der Waals surface area (Å²) in [5.41, 5.74) is -0.0387. The Labute approximate surface area is 79.7 Å². The van der Waals surface area contributed by atoms with Crippen molar-refractivity contribution in [3.63, 3.8) is 0 Å². The highest BCUT2D eigenvalue weighted by molar-refractivity contribution is 5.46. The zero-order valence-corrected chi connectivity index (χ0v) is 7.03. The van der Waals surface area contributed by atoms with E-state index in [9.17, 15) is 26.7 Å². The van der Waals surface area contributed by atoms with E-state index < -0.39 is 35.1 Å². The lowest BCUT2D eigenvalue weighted by atomic mass is 10.2. The van der Waals surface area contributed by atoms with Gasteiger partial charge in [0.15, 0.2) is 0 Å². The molecule has 8 heteroatoms. The second kappa shape index (κ2) is 3.52. The van der Waals surface area contributed by atoms with E-state index in [0.717, 1.165) is 0 Å². The van der Waals surface area contributed by atoms with Gasteiger partial charge in [-0.15, -0.1) is 0 Å². The Morgan fingerprint density at radius 1 is 1.33 bits per heavy atom. The van der Waals surface area contributed by atoms with E-state index in [0.29, 0.717) is 0 Å². The number of nitrogens with one attached hydrogen (secondary N) is 1. The van der Waals surface area contributed by atoms with Gasteiger partial charge >= 0.3 is 6.18 Å². The number of nitrogens with two attached hydrogens (primary N) is 1. The Balaban J connectivity index is 3.43. The molecule has 1 aromatic heterocycles. The molecule has 0 aromatic carbocycles. The number of hydrogen-bond acceptors (Lipinski definition) is 2. The summed E-state index contributed by atoms with van der Waals surface area (Å²) in [5, 5.41) is 0. The molecule has 0 aliphatic carbocycles. The molecule has 0 aliphatic heterocycles. The van der Waals surface area contributed by atoms with Gasteiger partial charge in [0.2, 0.25) is 0 Å². The minimum absolute atomic E-state index is 0.126. The van der Waals surface area contributed by atoms with Crippen molar-refractivity contribution in [1.82, 2.24) is 4.98 Å². The molecule has 3 N–H and O–H groups in total. The molecule has 1 rings (SSSR count). The topological polar surface area (TPSA) is 58.9 Å². The molecule has 0 aliphatic rings. The minimum atomic E-state index is -4.89. The summed E-state index contributed by atoms with van der Waals surface area (Å²) < 4.78 is 60.6. The van der Waals surface area contributed by atoms with Crippen LogP contribution >= 0.6 is 0 Å². The van der Waals surface area contributed by atoms with Crippen LogP contribution in [0.5, 0.6) is 0 Å². The number of nitrogen functional groups attached to an aromatic ring is 1. The summed E-state index contributed by atoms with van der Waals surface area (Å²) in [6.45, 7) is 0. The highest BCUT2D eigenvalue weighted by Crippen LogP contribution is 2.31. The lowest BCUT2D eigenvalue weighted by molar-refractivity contribution is -0.141. The van der Waals surface area contributed by atoms with Crippen LogP contribution in [0.3, 0.4) is 0 Å². The van der Waals surface area contributed by atoms with Crippen molar-refractivity contribution in [2.75, 3.05) is 5.73 Å². The Hall–Kier alpha value is -1.60. The first-order chi connectivity index (χ1) is 6.73. The van der Waals surface area contributed by atoms with Crippen molar-refractivity contribution in [1.29, 1.82) is 0 Å². The number of halogens is 5. The highest BCUT2D eigenvalue weighted by Gasteiger charge is 2.33. The fourth-order valence-corrected chi connectivity index (χ4v) is 0.923. The van der Waals surface area contributed by atoms with Crippen LogP contribution in [0.25, 0.3) is 0 Å². The van der Waals surface area contributed by atoms with Crippen molar-refractivity contribution in [3.05, 3.63) is 27.7 Å². The lowest BCUT2D eigenvalue weighted by Gasteiger charge is -2.09. The van der Waals surface area contributed by atoms with Crippen LogP contribution in [0.2, 0.25) is 0 Å². The first-order valence-corrected chi connectivity index (χ1v) is 3.61. The number of alkyl halides is 5. The number of hydrogen-bond donors (Lipinski definition) is 2. The monoisotopic (exact) mass is 228 g/mol. The molecule has 0 spiro atoms. The summed E-state index contributed by atoms with van der Waals surface area (Å²) in [5.74, 6) is 0. The average molecular weight is 228 g/mol. The number of aromatic nitrogens is 1. The number of H-pyrrole nitrogens is 1. The van der Waals surface area contributed by atoms with E-state index in [2.05, 4.69) is 0 Å². The molecule has 0 fully saturated rings. The van der Waals surface area contributed by atoms with Crippen LogP contribution in [0, 0.1) is 0 Å². The fourth-order valence-electron chi connectivity index (χ4n) is 0.923. The number of pyridine rings is 1. The Kier molecular flexibility index (Phi) is 2.69.